The van der Waals surface area contributed by atoms with E-state index in [1.807, 2.05) is 25.1 Å². The van der Waals surface area contributed by atoms with Gasteiger partial charge in [-0.3, -0.25) is 4.98 Å². The Morgan fingerprint density at radius 3 is 2.57 bits per heavy atom. The maximum Gasteiger partial charge on any atom is 0.123 e. The highest BCUT2D eigenvalue weighted by Crippen LogP contribution is 2.37. The van der Waals surface area contributed by atoms with Gasteiger partial charge in [0.25, 0.3) is 0 Å². The predicted molar refractivity (Wildman–Crippen MR) is 97.2 cm³/mol. The van der Waals surface area contributed by atoms with Crippen LogP contribution in [0.2, 0.25) is 5.02 Å². The molecule has 0 spiro atoms. The highest BCUT2D eigenvalue weighted by molar-refractivity contribution is 6.38. The Kier molecular flexibility index (Phi) is 4.14. The van der Waals surface area contributed by atoms with Gasteiger partial charge in [0, 0.05) is 29.0 Å². The van der Waals surface area contributed by atoms with Gasteiger partial charge < -0.3 is 10.1 Å². The summed E-state index contributed by atoms with van der Waals surface area (Å²) < 4.78 is 5.42. The second-order valence-electron chi connectivity index (χ2n) is 5.69. The maximum absolute atomic E-state index is 6.61. The zero-order chi connectivity index (χ0) is 16.6. The summed E-state index contributed by atoms with van der Waals surface area (Å²) in [5.41, 5.74) is 5.27. The molecule has 4 heteroatoms. The van der Waals surface area contributed by atoms with Gasteiger partial charge in [-0.25, -0.2) is 0 Å². The molecule has 118 valence electrons. The molecule has 3 rings (SSSR count). The van der Waals surface area contributed by atoms with Crippen LogP contribution in [0.4, 0.5) is 11.4 Å². The Bertz CT molecular complexity index is 890. The maximum atomic E-state index is 6.61. The molecule has 1 heterocycles. The van der Waals surface area contributed by atoms with E-state index < -0.39 is 0 Å². The molecule has 0 aliphatic heterocycles. The van der Waals surface area contributed by atoms with E-state index in [2.05, 4.69) is 30.2 Å². The van der Waals surface area contributed by atoms with Crippen LogP contribution in [0.25, 0.3) is 10.8 Å². The summed E-state index contributed by atoms with van der Waals surface area (Å²) >= 11 is 6.61. The molecule has 2 aromatic carbocycles. The van der Waals surface area contributed by atoms with Crippen molar-refractivity contribution < 1.29 is 4.74 Å². The first-order valence-corrected chi connectivity index (χ1v) is 7.84. The molecule has 0 fully saturated rings. The van der Waals surface area contributed by atoms with Gasteiger partial charge in [-0.05, 0) is 55.5 Å². The van der Waals surface area contributed by atoms with Crippen LogP contribution in [0.3, 0.4) is 0 Å². The molecule has 0 unspecified atom stereocenters. The Hall–Kier alpha value is -2.26. The number of aryl methyl sites for hydroxylation is 2. The van der Waals surface area contributed by atoms with Crippen molar-refractivity contribution in [2.24, 2.45) is 0 Å². The number of pyridine rings is 1. The average Bonchev–Trinajstić information content (AvgIpc) is 2.56. The molecule has 0 amide bonds. The average molecular weight is 327 g/mol. The van der Waals surface area contributed by atoms with Gasteiger partial charge in [0.2, 0.25) is 0 Å². The molecule has 23 heavy (non-hydrogen) atoms. The summed E-state index contributed by atoms with van der Waals surface area (Å²) in [7, 11) is 1.68. The van der Waals surface area contributed by atoms with E-state index in [4.69, 9.17) is 16.3 Å². The van der Waals surface area contributed by atoms with Crippen LogP contribution in [-0.4, -0.2) is 12.1 Å². The van der Waals surface area contributed by atoms with Gasteiger partial charge in [-0.15, -0.1) is 0 Å². The number of nitrogens with zero attached hydrogens (tertiary/aromatic N) is 1. The summed E-state index contributed by atoms with van der Waals surface area (Å²) in [6.07, 6.45) is 3.59. The number of ether oxygens (including phenoxy) is 1. The Morgan fingerprint density at radius 2 is 1.83 bits per heavy atom. The fourth-order valence-corrected chi connectivity index (χ4v) is 3.14. The summed E-state index contributed by atoms with van der Waals surface area (Å²) in [6.45, 7) is 6.19. The second-order valence-corrected chi connectivity index (χ2v) is 6.06. The molecule has 0 atom stereocenters. The van der Waals surface area contributed by atoms with E-state index in [1.165, 1.54) is 0 Å². The number of anilines is 2. The zero-order valence-corrected chi connectivity index (χ0v) is 14.5. The second kappa shape index (κ2) is 6.09. The summed E-state index contributed by atoms with van der Waals surface area (Å²) in [5, 5.41) is 6.23. The minimum absolute atomic E-state index is 0.681. The van der Waals surface area contributed by atoms with Crippen LogP contribution < -0.4 is 10.1 Å². The summed E-state index contributed by atoms with van der Waals surface area (Å²) in [4.78, 5) is 4.19. The van der Waals surface area contributed by atoms with Crippen LogP contribution in [-0.2, 0) is 0 Å². The standard InChI is InChI=1S/C19H19ClN2O/c1-11-5-6-17(23-4)13(3)19(11)22-16-9-12(2)14-7-8-21-10-15(14)18(16)20/h5-10,22H,1-4H3. The number of aromatic nitrogens is 1. The quantitative estimate of drug-likeness (QED) is 0.683. The van der Waals surface area contributed by atoms with Crippen LogP contribution in [0.5, 0.6) is 5.75 Å². The Balaban J connectivity index is 2.15. The number of fused-ring (bicyclic) bond motifs is 1. The predicted octanol–water partition coefficient (Wildman–Crippen LogP) is 5.57. The largest absolute Gasteiger partial charge is 0.496 e. The van der Waals surface area contributed by atoms with Crippen molar-refractivity contribution in [3.63, 3.8) is 0 Å². The van der Waals surface area contributed by atoms with Crippen molar-refractivity contribution in [3.05, 3.63) is 58.4 Å². The number of hydrogen-bond acceptors (Lipinski definition) is 3. The lowest BCUT2D eigenvalue weighted by Crippen LogP contribution is -2.00. The van der Waals surface area contributed by atoms with Crippen molar-refractivity contribution in [3.8, 4) is 5.75 Å². The van der Waals surface area contributed by atoms with Gasteiger partial charge in [0.15, 0.2) is 0 Å². The Morgan fingerprint density at radius 1 is 1.04 bits per heavy atom. The monoisotopic (exact) mass is 326 g/mol. The number of rotatable bonds is 3. The minimum Gasteiger partial charge on any atom is -0.496 e. The van der Waals surface area contributed by atoms with Gasteiger partial charge in [-0.2, -0.15) is 0 Å². The molecule has 0 bridgehead atoms. The first-order valence-electron chi connectivity index (χ1n) is 7.47. The zero-order valence-electron chi connectivity index (χ0n) is 13.7. The van der Waals surface area contributed by atoms with Crippen LogP contribution in [0.1, 0.15) is 16.7 Å². The van der Waals surface area contributed by atoms with Gasteiger partial charge in [0.05, 0.1) is 17.8 Å². The van der Waals surface area contributed by atoms with E-state index in [1.54, 1.807) is 19.5 Å². The fourth-order valence-electron chi connectivity index (χ4n) is 2.88. The van der Waals surface area contributed by atoms with Crippen LogP contribution in [0, 0.1) is 20.8 Å². The molecule has 3 aromatic rings. The molecule has 0 saturated carbocycles. The third kappa shape index (κ3) is 2.73. The first-order chi connectivity index (χ1) is 11.0. The number of benzene rings is 2. The highest BCUT2D eigenvalue weighted by Gasteiger charge is 2.13. The highest BCUT2D eigenvalue weighted by atomic mass is 35.5. The Labute approximate surface area is 141 Å². The molecular weight excluding hydrogens is 308 g/mol. The van der Waals surface area contributed by atoms with Gasteiger partial charge in [0.1, 0.15) is 5.75 Å². The molecule has 1 aromatic heterocycles. The molecule has 0 aliphatic carbocycles. The van der Waals surface area contributed by atoms with Gasteiger partial charge >= 0.3 is 0 Å². The smallest absolute Gasteiger partial charge is 0.123 e. The molecule has 0 aliphatic rings. The lowest BCUT2D eigenvalue weighted by molar-refractivity contribution is 0.412. The molecule has 1 N–H and O–H groups in total. The number of hydrogen-bond donors (Lipinski definition) is 1. The van der Waals surface area contributed by atoms with E-state index in [0.29, 0.717) is 5.02 Å². The summed E-state index contributed by atoms with van der Waals surface area (Å²) in [6, 6.07) is 8.08. The van der Waals surface area contributed by atoms with E-state index in [-0.39, 0.29) is 0 Å². The SMILES string of the molecule is COc1ccc(C)c(Nc2cc(C)c3ccncc3c2Cl)c1C. The van der Waals surface area contributed by atoms with Crippen molar-refractivity contribution in [2.75, 3.05) is 12.4 Å². The molecule has 0 saturated heterocycles. The topological polar surface area (TPSA) is 34.1 Å². The third-order valence-electron chi connectivity index (χ3n) is 4.18. The van der Waals surface area contributed by atoms with Crippen molar-refractivity contribution in [1.29, 1.82) is 0 Å². The third-order valence-corrected chi connectivity index (χ3v) is 4.59. The van der Waals surface area contributed by atoms with E-state index in [9.17, 15) is 0 Å². The summed E-state index contributed by atoms with van der Waals surface area (Å²) in [5.74, 6) is 0.855. The fraction of sp³-hybridized carbons (Fsp3) is 0.211. The molecular formula is C19H19ClN2O. The number of nitrogens with one attached hydrogen (secondary N) is 1. The normalized spacial score (nSPS) is 10.8. The van der Waals surface area contributed by atoms with Crippen LogP contribution >= 0.6 is 11.6 Å². The molecule has 3 nitrogen and oxygen atoms in total. The number of methoxy groups -OCH3 is 1. The minimum atomic E-state index is 0.681. The van der Waals surface area contributed by atoms with E-state index >= 15 is 0 Å². The molecule has 0 radical (unpaired) electrons. The van der Waals surface area contributed by atoms with E-state index in [0.717, 1.165) is 44.6 Å². The van der Waals surface area contributed by atoms with Crippen LogP contribution in [0.15, 0.2) is 36.7 Å². The number of halogens is 1. The van der Waals surface area contributed by atoms with Crippen molar-refractivity contribution in [1.82, 2.24) is 4.98 Å². The van der Waals surface area contributed by atoms with Crippen molar-refractivity contribution in [2.45, 2.75) is 20.8 Å². The van der Waals surface area contributed by atoms with Crippen molar-refractivity contribution >= 4 is 33.7 Å². The lowest BCUT2D eigenvalue weighted by atomic mass is 10.0. The van der Waals surface area contributed by atoms with Gasteiger partial charge in [-0.1, -0.05) is 17.7 Å². The first kappa shape index (κ1) is 15.6. The lowest BCUT2D eigenvalue weighted by Gasteiger charge is -2.18.